The third-order valence-corrected chi connectivity index (χ3v) is 6.88. The highest BCUT2D eigenvalue weighted by atomic mass is 16.2. The topological polar surface area (TPSA) is 84.2 Å². The van der Waals surface area contributed by atoms with Gasteiger partial charge in [-0.05, 0) is 50.9 Å². The molecule has 5 heterocycles. The summed E-state index contributed by atoms with van der Waals surface area (Å²) in [7, 11) is 1.89. The van der Waals surface area contributed by atoms with Gasteiger partial charge in [0, 0.05) is 67.1 Å². The lowest BCUT2D eigenvalue weighted by molar-refractivity contribution is -0.135. The number of aryl methyl sites for hydroxylation is 1. The Labute approximate surface area is 193 Å². The lowest BCUT2D eigenvalue weighted by atomic mass is 9.90. The van der Waals surface area contributed by atoms with Crippen LogP contribution in [0.3, 0.4) is 0 Å². The van der Waals surface area contributed by atoms with Gasteiger partial charge in [-0.1, -0.05) is 0 Å². The van der Waals surface area contributed by atoms with Crippen LogP contribution in [0, 0.1) is 5.92 Å². The molecule has 0 radical (unpaired) electrons. The Hall–Kier alpha value is -3.13. The number of nitrogens with zero attached hydrogens (tertiary/aromatic N) is 6. The molecule has 2 aliphatic heterocycles. The van der Waals surface area contributed by atoms with Gasteiger partial charge in [0.1, 0.15) is 5.78 Å². The first kappa shape index (κ1) is 21.7. The van der Waals surface area contributed by atoms with Crippen molar-refractivity contribution in [2.75, 3.05) is 32.7 Å². The summed E-state index contributed by atoms with van der Waals surface area (Å²) in [5.41, 5.74) is 3.58. The van der Waals surface area contributed by atoms with Crippen molar-refractivity contribution in [3.8, 4) is 11.1 Å². The molecule has 5 rings (SSSR count). The van der Waals surface area contributed by atoms with Crippen molar-refractivity contribution < 1.29 is 9.59 Å². The molecule has 2 fully saturated rings. The van der Waals surface area contributed by atoms with Crippen LogP contribution in [0.1, 0.15) is 31.4 Å². The molecule has 0 aliphatic carbocycles. The van der Waals surface area contributed by atoms with Gasteiger partial charge in [0.2, 0.25) is 5.91 Å². The molecular formula is C25H30N6O2. The van der Waals surface area contributed by atoms with Gasteiger partial charge in [-0.15, -0.1) is 0 Å². The minimum absolute atomic E-state index is 0.00168. The smallest absolute Gasteiger partial charge is 0.236 e. The van der Waals surface area contributed by atoms with Crippen molar-refractivity contribution in [3.63, 3.8) is 0 Å². The Balaban J connectivity index is 1.19. The molecule has 8 nitrogen and oxygen atoms in total. The molecule has 3 aromatic rings. The minimum atomic E-state index is -0.00168. The molecule has 0 spiro atoms. The standard InChI is InChI=1S/C25H30N6O2/c1-29-16-21(14-28-29)20-10-19-11-22(26-15-23(19)27-13-20)12-24(32)18-4-8-31(9-5-18)25(33)17-30-6-2-3-7-30/h10-11,13-16,18H,2-9,12,17H2,1H3. The largest absolute Gasteiger partial charge is 0.342 e. The number of hydrogen-bond acceptors (Lipinski definition) is 6. The SMILES string of the molecule is Cn1cc(-c2cnc3cnc(CC(=O)C4CCN(C(=O)CN5CCCC5)CC4)cc3c2)cn1. The molecule has 1 amide bonds. The highest BCUT2D eigenvalue weighted by Gasteiger charge is 2.28. The second-order valence-electron chi connectivity index (χ2n) is 9.28. The monoisotopic (exact) mass is 446 g/mol. The number of Topliss-reactive ketones (excluding diaryl/α,β-unsaturated/α-hetero) is 1. The van der Waals surface area contributed by atoms with Crippen LogP contribution in [0.25, 0.3) is 22.0 Å². The van der Waals surface area contributed by atoms with Crippen LogP contribution in [0.2, 0.25) is 0 Å². The molecule has 0 atom stereocenters. The third-order valence-electron chi connectivity index (χ3n) is 6.88. The van der Waals surface area contributed by atoms with E-state index in [0.717, 1.165) is 53.7 Å². The molecule has 0 saturated carbocycles. The second kappa shape index (κ2) is 9.39. The number of hydrogen-bond donors (Lipinski definition) is 0. The van der Waals surface area contributed by atoms with Crippen LogP contribution >= 0.6 is 0 Å². The molecule has 2 aliphatic rings. The predicted molar refractivity (Wildman–Crippen MR) is 125 cm³/mol. The van der Waals surface area contributed by atoms with E-state index in [1.165, 1.54) is 12.8 Å². The molecule has 2 saturated heterocycles. The van der Waals surface area contributed by atoms with Gasteiger partial charge in [0.25, 0.3) is 0 Å². The third kappa shape index (κ3) is 4.95. The Morgan fingerprint density at radius 2 is 1.76 bits per heavy atom. The van der Waals surface area contributed by atoms with Crippen molar-refractivity contribution in [3.05, 3.63) is 42.6 Å². The van der Waals surface area contributed by atoms with Crippen LogP contribution in [0.4, 0.5) is 0 Å². The zero-order chi connectivity index (χ0) is 22.8. The summed E-state index contributed by atoms with van der Waals surface area (Å²) in [5, 5.41) is 5.20. The summed E-state index contributed by atoms with van der Waals surface area (Å²) < 4.78 is 1.77. The molecule has 172 valence electrons. The van der Waals surface area contributed by atoms with Crippen LogP contribution in [0.15, 0.2) is 36.9 Å². The van der Waals surface area contributed by atoms with Crippen molar-refractivity contribution >= 4 is 22.6 Å². The summed E-state index contributed by atoms with van der Waals surface area (Å²) in [6.07, 6.45) is 11.5. The quantitative estimate of drug-likeness (QED) is 0.578. The number of likely N-dealkylation sites (tertiary alicyclic amines) is 2. The number of rotatable bonds is 6. The van der Waals surface area contributed by atoms with Crippen molar-refractivity contribution in [1.82, 2.24) is 29.5 Å². The van der Waals surface area contributed by atoms with Gasteiger partial charge in [-0.2, -0.15) is 5.10 Å². The average molecular weight is 447 g/mol. The summed E-state index contributed by atoms with van der Waals surface area (Å²) >= 11 is 0. The molecular weight excluding hydrogens is 416 g/mol. The number of piperidine rings is 1. The van der Waals surface area contributed by atoms with Gasteiger partial charge in [-0.25, -0.2) is 0 Å². The van der Waals surface area contributed by atoms with Gasteiger partial charge < -0.3 is 4.90 Å². The normalized spacial score (nSPS) is 17.7. The van der Waals surface area contributed by atoms with E-state index in [1.807, 2.05) is 36.6 Å². The highest BCUT2D eigenvalue weighted by molar-refractivity contribution is 5.86. The van der Waals surface area contributed by atoms with Gasteiger partial charge in [0.05, 0.1) is 24.5 Å². The average Bonchev–Trinajstić information content (AvgIpc) is 3.50. The molecule has 0 unspecified atom stereocenters. The van der Waals surface area contributed by atoms with Gasteiger partial charge >= 0.3 is 0 Å². The Morgan fingerprint density at radius 1 is 0.970 bits per heavy atom. The number of carbonyl (C=O) groups is 2. The maximum absolute atomic E-state index is 13.0. The second-order valence-corrected chi connectivity index (χ2v) is 9.28. The van der Waals surface area contributed by atoms with E-state index < -0.39 is 0 Å². The number of aromatic nitrogens is 4. The zero-order valence-corrected chi connectivity index (χ0v) is 19.1. The first-order chi connectivity index (χ1) is 16.0. The summed E-state index contributed by atoms with van der Waals surface area (Å²) in [4.78, 5) is 38.7. The van der Waals surface area contributed by atoms with E-state index in [-0.39, 0.29) is 17.6 Å². The summed E-state index contributed by atoms with van der Waals surface area (Å²) in [6, 6.07) is 4.04. The van der Waals surface area contributed by atoms with Crippen molar-refractivity contribution in [2.45, 2.75) is 32.1 Å². The zero-order valence-electron chi connectivity index (χ0n) is 19.1. The highest BCUT2D eigenvalue weighted by Crippen LogP contribution is 2.24. The van der Waals surface area contributed by atoms with Crippen LogP contribution in [-0.2, 0) is 23.1 Å². The first-order valence-corrected chi connectivity index (χ1v) is 11.8. The van der Waals surface area contributed by atoms with Crippen LogP contribution < -0.4 is 0 Å². The fourth-order valence-electron chi connectivity index (χ4n) is 4.91. The van der Waals surface area contributed by atoms with E-state index in [9.17, 15) is 9.59 Å². The summed E-state index contributed by atoms with van der Waals surface area (Å²) in [5.74, 6) is 0.416. The lowest BCUT2D eigenvalue weighted by Crippen LogP contribution is -2.44. The van der Waals surface area contributed by atoms with Crippen LogP contribution in [0.5, 0.6) is 0 Å². The van der Waals surface area contributed by atoms with E-state index in [2.05, 4.69) is 26.0 Å². The number of carbonyl (C=O) groups excluding carboxylic acids is 2. The van der Waals surface area contributed by atoms with Crippen molar-refractivity contribution in [2.24, 2.45) is 13.0 Å². The molecule has 3 aromatic heterocycles. The maximum Gasteiger partial charge on any atom is 0.236 e. The fraction of sp³-hybridized carbons (Fsp3) is 0.480. The van der Waals surface area contributed by atoms with E-state index in [4.69, 9.17) is 0 Å². The van der Waals surface area contributed by atoms with Crippen LogP contribution in [-0.4, -0.2) is 74.0 Å². The predicted octanol–water partition coefficient (Wildman–Crippen LogP) is 2.48. The maximum atomic E-state index is 13.0. The first-order valence-electron chi connectivity index (χ1n) is 11.8. The molecule has 0 aromatic carbocycles. The number of amides is 1. The Kier molecular flexibility index (Phi) is 6.17. The van der Waals surface area contributed by atoms with E-state index in [1.54, 1.807) is 10.9 Å². The van der Waals surface area contributed by atoms with Crippen molar-refractivity contribution in [1.29, 1.82) is 0 Å². The molecule has 0 bridgehead atoms. The Morgan fingerprint density at radius 3 is 2.48 bits per heavy atom. The number of ketones is 1. The van der Waals surface area contributed by atoms with Gasteiger partial charge in [-0.3, -0.25) is 29.1 Å². The van der Waals surface area contributed by atoms with E-state index in [0.29, 0.717) is 26.1 Å². The Bertz CT molecular complexity index is 1160. The fourth-order valence-corrected chi connectivity index (χ4v) is 4.91. The number of fused-ring (bicyclic) bond motifs is 1. The van der Waals surface area contributed by atoms with E-state index >= 15 is 0 Å². The lowest BCUT2D eigenvalue weighted by Gasteiger charge is -2.32. The number of pyridine rings is 2. The van der Waals surface area contributed by atoms with Gasteiger partial charge in [0.15, 0.2) is 0 Å². The molecule has 8 heteroatoms. The molecule has 33 heavy (non-hydrogen) atoms. The summed E-state index contributed by atoms with van der Waals surface area (Å²) in [6.45, 7) is 3.92. The molecule has 0 N–H and O–H groups in total. The minimum Gasteiger partial charge on any atom is -0.342 e.